The van der Waals surface area contributed by atoms with E-state index in [1.54, 1.807) is 6.07 Å². The van der Waals surface area contributed by atoms with Gasteiger partial charge in [0.05, 0.1) is 7.11 Å². The lowest BCUT2D eigenvalue weighted by atomic mass is 9.95. The highest BCUT2D eigenvalue weighted by atomic mass is 19.1. The van der Waals surface area contributed by atoms with Crippen LogP contribution in [0.3, 0.4) is 0 Å². The molecule has 0 amide bonds. The van der Waals surface area contributed by atoms with Gasteiger partial charge in [-0.15, -0.1) is 0 Å². The molecule has 0 aromatic heterocycles. The van der Waals surface area contributed by atoms with Crippen molar-refractivity contribution in [3.63, 3.8) is 0 Å². The first-order chi connectivity index (χ1) is 9.42. The van der Waals surface area contributed by atoms with Crippen molar-refractivity contribution in [2.75, 3.05) is 7.11 Å². The monoisotopic (exact) mass is 278 g/mol. The molecule has 106 valence electrons. The molecular weight excluding hydrogens is 262 g/mol. The van der Waals surface area contributed by atoms with Gasteiger partial charge >= 0.3 is 0 Å². The zero-order chi connectivity index (χ0) is 14.9. The van der Waals surface area contributed by atoms with E-state index in [9.17, 15) is 13.9 Å². The summed E-state index contributed by atoms with van der Waals surface area (Å²) in [7, 11) is 1.50. The summed E-state index contributed by atoms with van der Waals surface area (Å²) in [5, 5.41) is 10.4. The van der Waals surface area contributed by atoms with Crippen molar-refractivity contribution in [3.8, 4) is 5.75 Å². The van der Waals surface area contributed by atoms with Crippen LogP contribution in [0.2, 0.25) is 0 Å². The first-order valence-corrected chi connectivity index (χ1v) is 6.21. The third kappa shape index (κ3) is 2.80. The summed E-state index contributed by atoms with van der Waals surface area (Å²) in [5.74, 6) is -0.940. The first kappa shape index (κ1) is 14.5. The van der Waals surface area contributed by atoms with Gasteiger partial charge in [0.1, 0.15) is 23.5 Å². The molecule has 1 atom stereocenters. The predicted octanol–water partition coefficient (Wildman–Crippen LogP) is 3.67. The van der Waals surface area contributed by atoms with Crippen LogP contribution >= 0.6 is 0 Å². The van der Waals surface area contributed by atoms with Crippen molar-refractivity contribution < 1.29 is 18.6 Å². The summed E-state index contributed by atoms with van der Waals surface area (Å²) in [6, 6.07) is 6.67. The Labute approximate surface area is 116 Å². The molecule has 0 saturated carbocycles. The standard InChI is InChI=1S/C16H16F2O2/c1-9-4-10(2)15(14(5-9)20-3)16(19)11-6-12(17)8-13(18)7-11/h4-8,16,19H,1-3H3. The van der Waals surface area contributed by atoms with Gasteiger partial charge in [0.15, 0.2) is 0 Å². The molecule has 2 rings (SSSR count). The lowest BCUT2D eigenvalue weighted by Crippen LogP contribution is -2.06. The van der Waals surface area contributed by atoms with Gasteiger partial charge in [-0.05, 0) is 48.7 Å². The number of rotatable bonds is 3. The Kier molecular flexibility index (Phi) is 4.04. The second-order valence-electron chi connectivity index (χ2n) is 4.80. The van der Waals surface area contributed by atoms with Gasteiger partial charge in [-0.1, -0.05) is 6.07 Å². The third-order valence-corrected chi connectivity index (χ3v) is 3.19. The maximum Gasteiger partial charge on any atom is 0.126 e. The van der Waals surface area contributed by atoms with E-state index in [2.05, 4.69) is 0 Å². The van der Waals surface area contributed by atoms with Crippen LogP contribution in [0.1, 0.15) is 28.4 Å². The molecule has 0 spiro atoms. The molecule has 0 aliphatic rings. The number of benzene rings is 2. The van der Waals surface area contributed by atoms with Crippen molar-refractivity contribution in [2.24, 2.45) is 0 Å². The highest BCUT2D eigenvalue weighted by molar-refractivity contribution is 5.47. The topological polar surface area (TPSA) is 29.5 Å². The Morgan fingerprint density at radius 1 is 1.00 bits per heavy atom. The number of aliphatic hydroxyl groups is 1. The molecule has 0 fully saturated rings. The second kappa shape index (κ2) is 5.59. The van der Waals surface area contributed by atoms with Crippen LogP contribution in [-0.4, -0.2) is 12.2 Å². The molecule has 0 aliphatic carbocycles. The fourth-order valence-corrected chi connectivity index (χ4v) is 2.36. The van der Waals surface area contributed by atoms with E-state index in [1.165, 1.54) is 7.11 Å². The molecule has 0 saturated heterocycles. The minimum absolute atomic E-state index is 0.160. The smallest absolute Gasteiger partial charge is 0.126 e. The first-order valence-electron chi connectivity index (χ1n) is 6.21. The van der Waals surface area contributed by atoms with Gasteiger partial charge in [0.2, 0.25) is 0 Å². The Balaban J connectivity index is 2.55. The molecule has 0 radical (unpaired) electrons. The molecule has 2 aromatic rings. The molecule has 1 N–H and O–H groups in total. The minimum atomic E-state index is -1.14. The molecule has 2 aromatic carbocycles. The van der Waals surface area contributed by atoms with E-state index in [-0.39, 0.29) is 5.56 Å². The van der Waals surface area contributed by atoms with Gasteiger partial charge in [-0.3, -0.25) is 0 Å². The highest BCUT2D eigenvalue weighted by Crippen LogP contribution is 2.34. The van der Waals surface area contributed by atoms with Gasteiger partial charge < -0.3 is 9.84 Å². The van der Waals surface area contributed by atoms with Crippen molar-refractivity contribution >= 4 is 0 Å². The zero-order valence-electron chi connectivity index (χ0n) is 11.6. The van der Waals surface area contributed by atoms with Gasteiger partial charge in [0.25, 0.3) is 0 Å². The van der Waals surface area contributed by atoms with Crippen molar-refractivity contribution in [3.05, 3.63) is 64.2 Å². The summed E-state index contributed by atoms with van der Waals surface area (Å²) in [4.78, 5) is 0. The van der Waals surface area contributed by atoms with Gasteiger partial charge in [0, 0.05) is 11.6 Å². The number of hydrogen-bond donors (Lipinski definition) is 1. The van der Waals surface area contributed by atoms with Crippen molar-refractivity contribution in [2.45, 2.75) is 20.0 Å². The van der Waals surface area contributed by atoms with E-state index < -0.39 is 17.7 Å². The lowest BCUT2D eigenvalue weighted by molar-refractivity contribution is 0.213. The fraction of sp³-hybridized carbons (Fsp3) is 0.250. The molecule has 0 bridgehead atoms. The predicted molar refractivity (Wildman–Crippen MR) is 72.9 cm³/mol. The summed E-state index contributed by atoms with van der Waals surface area (Å²) in [6.45, 7) is 3.73. The molecule has 2 nitrogen and oxygen atoms in total. The van der Waals surface area contributed by atoms with Crippen LogP contribution in [0.5, 0.6) is 5.75 Å². The maximum atomic E-state index is 13.3. The number of hydrogen-bond acceptors (Lipinski definition) is 2. The number of ether oxygens (including phenoxy) is 1. The van der Waals surface area contributed by atoms with E-state index in [0.29, 0.717) is 11.3 Å². The van der Waals surface area contributed by atoms with Crippen LogP contribution in [0.25, 0.3) is 0 Å². The SMILES string of the molecule is COc1cc(C)cc(C)c1C(O)c1cc(F)cc(F)c1. The third-order valence-electron chi connectivity index (χ3n) is 3.19. The average Bonchev–Trinajstić information content (AvgIpc) is 2.35. The van der Waals surface area contributed by atoms with Crippen molar-refractivity contribution in [1.82, 2.24) is 0 Å². The van der Waals surface area contributed by atoms with Crippen LogP contribution in [-0.2, 0) is 0 Å². The summed E-state index contributed by atoms with van der Waals surface area (Å²) in [5.41, 5.74) is 2.47. The van der Waals surface area contributed by atoms with Crippen LogP contribution in [0.4, 0.5) is 8.78 Å². The number of halogens is 2. The minimum Gasteiger partial charge on any atom is -0.496 e. The normalized spacial score (nSPS) is 12.3. The maximum absolute atomic E-state index is 13.3. The molecule has 20 heavy (non-hydrogen) atoms. The van der Waals surface area contributed by atoms with Crippen LogP contribution < -0.4 is 4.74 Å². The van der Waals surface area contributed by atoms with Crippen LogP contribution in [0, 0.1) is 25.5 Å². The molecular formula is C16H16F2O2. The van der Waals surface area contributed by atoms with E-state index in [4.69, 9.17) is 4.74 Å². The van der Waals surface area contributed by atoms with Crippen LogP contribution in [0.15, 0.2) is 30.3 Å². The van der Waals surface area contributed by atoms with Gasteiger partial charge in [-0.2, -0.15) is 0 Å². The Morgan fingerprint density at radius 3 is 2.15 bits per heavy atom. The zero-order valence-corrected chi connectivity index (χ0v) is 11.6. The molecule has 0 heterocycles. The van der Waals surface area contributed by atoms with Crippen molar-refractivity contribution in [1.29, 1.82) is 0 Å². The summed E-state index contributed by atoms with van der Waals surface area (Å²) >= 11 is 0. The molecule has 1 unspecified atom stereocenters. The van der Waals surface area contributed by atoms with Gasteiger partial charge in [-0.25, -0.2) is 8.78 Å². The van der Waals surface area contributed by atoms with E-state index >= 15 is 0 Å². The fourth-order valence-electron chi connectivity index (χ4n) is 2.36. The van der Waals surface area contributed by atoms with E-state index in [0.717, 1.165) is 29.3 Å². The summed E-state index contributed by atoms with van der Waals surface area (Å²) < 4.78 is 31.8. The quantitative estimate of drug-likeness (QED) is 0.928. The lowest BCUT2D eigenvalue weighted by Gasteiger charge is -2.18. The largest absolute Gasteiger partial charge is 0.496 e. The molecule has 4 heteroatoms. The number of aryl methyl sites for hydroxylation is 2. The number of methoxy groups -OCH3 is 1. The second-order valence-corrected chi connectivity index (χ2v) is 4.80. The Morgan fingerprint density at radius 2 is 1.60 bits per heavy atom. The Hall–Kier alpha value is -1.94. The summed E-state index contributed by atoms with van der Waals surface area (Å²) in [6.07, 6.45) is -1.14. The Bertz CT molecular complexity index is 618. The van der Waals surface area contributed by atoms with E-state index in [1.807, 2.05) is 19.9 Å². The average molecular weight is 278 g/mol. The highest BCUT2D eigenvalue weighted by Gasteiger charge is 2.19. The molecule has 0 aliphatic heterocycles. The number of aliphatic hydroxyl groups excluding tert-OH is 1.